The molecule has 0 spiro atoms. The number of anilines is 1. The van der Waals surface area contributed by atoms with Crippen LogP contribution in [-0.2, 0) is 9.59 Å². The van der Waals surface area contributed by atoms with Crippen LogP contribution in [0, 0.1) is 6.92 Å². The van der Waals surface area contributed by atoms with E-state index < -0.39 is 18.1 Å². The highest BCUT2D eigenvalue weighted by Crippen LogP contribution is 2.30. The first kappa shape index (κ1) is 28.3. The van der Waals surface area contributed by atoms with E-state index in [1.54, 1.807) is 13.0 Å². The molecule has 9 nitrogen and oxygen atoms in total. The molecule has 5 N–H and O–H groups in total. The summed E-state index contributed by atoms with van der Waals surface area (Å²) in [7, 11) is 0. The number of nitrogens with one attached hydrogen (secondary N) is 3. The van der Waals surface area contributed by atoms with Gasteiger partial charge in [0.2, 0.25) is 5.91 Å². The molecule has 0 unspecified atom stereocenters. The fourth-order valence-corrected chi connectivity index (χ4v) is 4.34. The van der Waals surface area contributed by atoms with Gasteiger partial charge in [0, 0.05) is 5.69 Å². The first-order valence-corrected chi connectivity index (χ1v) is 12.2. The molecule has 1 saturated heterocycles. The smallest absolute Gasteiger partial charge is 0.478 e. The minimum absolute atomic E-state index is 0.00123. The van der Waals surface area contributed by atoms with Crippen LogP contribution in [0.15, 0.2) is 60.7 Å². The van der Waals surface area contributed by atoms with E-state index >= 15 is 0 Å². The molecule has 1 aliphatic rings. The number of carbonyl (C=O) groups is 3. The summed E-state index contributed by atoms with van der Waals surface area (Å²) in [6.07, 6.45) is -3.20. The van der Waals surface area contributed by atoms with Crippen molar-refractivity contribution in [2.45, 2.75) is 32.0 Å². The van der Waals surface area contributed by atoms with Gasteiger partial charge in [-0.1, -0.05) is 36.4 Å². The van der Waals surface area contributed by atoms with E-state index in [0.717, 1.165) is 47.3 Å². The normalized spacial score (nSPS) is 14.8. The van der Waals surface area contributed by atoms with Gasteiger partial charge < -0.3 is 25.8 Å². The Morgan fingerprint density at radius 2 is 1.60 bits per heavy atom. The highest BCUT2D eigenvalue weighted by atomic mass is 19.4. The van der Waals surface area contributed by atoms with E-state index in [1.165, 1.54) is 0 Å². The molecule has 40 heavy (non-hydrogen) atoms. The number of aryl methyl sites for hydroxylation is 1. The maximum atomic E-state index is 12.4. The number of halogens is 3. The topological polar surface area (TPSA) is 144 Å². The van der Waals surface area contributed by atoms with Gasteiger partial charge in [0.25, 0.3) is 0 Å². The number of alkyl halides is 3. The first-order valence-electron chi connectivity index (χ1n) is 12.2. The Morgan fingerprint density at radius 3 is 2.17 bits per heavy atom. The Hall–Kier alpha value is -4.71. The van der Waals surface area contributed by atoms with Gasteiger partial charge in [-0.05, 0) is 72.8 Å². The molecule has 0 aliphatic carbocycles. The van der Waals surface area contributed by atoms with E-state index in [9.17, 15) is 27.9 Å². The maximum Gasteiger partial charge on any atom is 0.490 e. The van der Waals surface area contributed by atoms with E-state index in [1.807, 2.05) is 54.6 Å². The van der Waals surface area contributed by atoms with Crippen molar-refractivity contribution in [1.29, 1.82) is 0 Å². The molecule has 5 rings (SSSR count). The summed E-state index contributed by atoms with van der Waals surface area (Å²) in [4.78, 5) is 40.5. The summed E-state index contributed by atoms with van der Waals surface area (Å²) in [5.74, 6) is -3.08. The molecule has 3 aromatic carbocycles. The summed E-state index contributed by atoms with van der Waals surface area (Å²) < 4.78 is 31.7. The van der Waals surface area contributed by atoms with E-state index in [2.05, 4.69) is 20.6 Å². The van der Waals surface area contributed by atoms with E-state index in [0.29, 0.717) is 16.9 Å². The molecule has 1 aromatic heterocycles. The van der Waals surface area contributed by atoms with Crippen LogP contribution in [0.4, 0.5) is 18.9 Å². The Kier molecular flexibility index (Phi) is 8.19. The lowest BCUT2D eigenvalue weighted by Gasteiger charge is -2.12. The molecule has 12 heteroatoms. The first-order chi connectivity index (χ1) is 18.9. The van der Waals surface area contributed by atoms with Crippen LogP contribution in [0.5, 0.6) is 0 Å². The summed E-state index contributed by atoms with van der Waals surface area (Å²) in [6.45, 7) is 2.69. The molecule has 1 aliphatic heterocycles. The average molecular weight is 555 g/mol. The van der Waals surface area contributed by atoms with Crippen molar-refractivity contribution in [3.8, 4) is 22.3 Å². The Morgan fingerprint density at radius 1 is 0.950 bits per heavy atom. The minimum atomic E-state index is -5.08. The van der Waals surface area contributed by atoms with Crippen LogP contribution in [0.2, 0.25) is 0 Å². The Labute approximate surface area is 226 Å². The van der Waals surface area contributed by atoms with Crippen molar-refractivity contribution >= 4 is 34.6 Å². The second-order valence-corrected chi connectivity index (χ2v) is 9.15. The van der Waals surface area contributed by atoms with E-state index in [4.69, 9.17) is 9.90 Å². The molecular weight excluding hydrogens is 529 g/mol. The number of carbonyl (C=O) groups excluding carboxylic acids is 1. The number of aromatic carboxylic acids is 1. The number of rotatable bonds is 5. The number of hydrogen-bond acceptors (Lipinski definition) is 5. The molecule has 208 valence electrons. The van der Waals surface area contributed by atoms with Crippen molar-refractivity contribution in [3.05, 3.63) is 72.1 Å². The third-order valence-electron chi connectivity index (χ3n) is 6.24. The van der Waals surface area contributed by atoms with Crippen LogP contribution in [-0.4, -0.2) is 56.8 Å². The third-order valence-corrected chi connectivity index (χ3v) is 6.24. The number of H-pyrrole nitrogens is 1. The number of aromatic nitrogens is 2. The lowest BCUT2D eigenvalue weighted by molar-refractivity contribution is -0.192. The van der Waals surface area contributed by atoms with Gasteiger partial charge in [-0.2, -0.15) is 13.2 Å². The zero-order valence-electron chi connectivity index (χ0n) is 21.2. The van der Waals surface area contributed by atoms with Crippen LogP contribution >= 0.6 is 0 Å². The monoisotopic (exact) mass is 554 g/mol. The quantitative estimate of drug-likeness (QED) is 0.227. The van der Waals surface area contributed by atoms with Crippen LogP contribution < -0.4 is 10.6 Å². The van der Waals surface area contributed by atoms with Crippen molar-refractivity contribution in [2.24, 2.45) is 0 Å². The highest BCUT2D eigenvalue weighted by molar-refractivity contribution is 6.03. The summed E-state index contributed by atoms with van der Waals surface area (Å²) in [5, 5.41) is 23.0. The van der Waals surface area contributed by atoms with Gasteiger partial charge in [0.05, 0.1) is 17.1 Å². The van der Waals surface area contributed by atoms with Crippen LogP contribution in [0.1, 0.15) is 29.0 Å². The number of imidazole rings is 1. The fraction of sp³-hybridized carbons (Fsp3) is 0.214. The van der Waals surface area contributed by atoms with Crippen LogP contribution in [0.3, 0.4) is 0 Å². The number of fused-ring (bicyclic) bond motifs is 1. The van der Waals surface area contributed by atoms with Crippen molar-refractivity contribution in [1.82, 2.24) is 15.3 Å². The highest BCUT2D eigenvalue weighted by Gasteiger charge is 2.38. The SMILES string of the molecule is Cc1nc2c(C(=O)O)cc(-c3ccc(-c4cccc(NC(=O)[C@@H]5CCCN5)c4)cc3)cc2[nH]1.O=C(O)C(F)(F)F. The van der Waals surface area contributed by atoms with Gasteiger partial charge in [0.1, 0.15) is 11.3 Å². The number of carboxylic acids is 2. The molecular formula is C28H25F3N4O5. The standard InChI is InChI=1S/C26H24N4O3.C2HF3O2/c1-15-28-23-14-19(13-21(26(32)33)24(23)29-15)17-9-7-16(8-10-17)18-4-2-5-20(12-18)30-25(31)22-6-3-11-27-22;3-2(4,5)1(6)7/h2,4-5,7-10,12-14,22,27H,3,6,11H2,1H3,(H,28,29)(H,30,31)(H,32,33);(H,6,7)/t22-;/m0./s1. The number of aliphatic carboxylic acids is 1. The van der Waals surface area contributed by atoms with Crippen molar-refractivity contribution in [2.75, 3.05) is 11.9 Å². The zero-order chi connectivity index (χ0) is 29.0. The van der Waals surface area contributed by atoms with Crippen molar-refractivity contribution < 1.29 is 37.8 Å². The fourth-order valence-electron chi connectivity index (χ4n) is 4.34. The zero-order valence-corrected chi connectivity index (χ0v) is 21.2. The summed E-state index contributed by atoms with van der Waals surface area (Å²) >= 11 is 0. The second-order valence-electron chi connectivity index (χ2n) is 9.15. The molecule has 4 aromatic rings. The second kappa shape index (κ2) is 11.6. The largest absolute Gasteiger partial charge is 0.490 e. The molecule has 0 radical (unpaired) electrons. The molecule has 1 atom stereocenters. The van der Waals surface area contributed by atoms with Gasteiger partial charge in [-0.3, -0.25) is 4.79 Å². The number of benzene rings is 3. The number of carboxylic acid groups (broad SMARTS) is 2. The van der Waals surface area contributed by atoms with Gasteiger partial charge in [-0.25, -0.2) is 14.6 Å². The molecule has 1 amide bonds. The number of hydrogen-bond donors (Lipinski definition) is 5. The van der Waals surface area contributed by atoms with Gasteiger partial charge >= 0.3 is 18.1 Å². The molecule has 0 saturated carbocycles. The maximum absolute atomic E-state index is 12.4. The van der Waals surface area contributed by atoms with Crippen molar-refractivity contribution in [3.63, 3.8) is 0 Å². The lowest BCUT2D eigenvalue weighted by Crippen LogP contribution is -2.35. The van der Waals surface area contributed by atoms with E-state index in [-0.39, 0.29) is 17.5 Å². The lowest BCUT2D eigenvalue weighted by atomic mass is 9.98. The third kappa shape index (κ3) is 6.64. The van der Waals surface area contributed by atoms with Gasteiger partial charge in [-0.15, -0.1) is 0 Å². The number of aromatic amines is 1. The Bertz CT molecular complexity index is 1560. The molecule has 2 heterocycles. The average Bonchev–Trinajstić information content (AvgIpc) is 3.57. The summed E-state index contributed by atoms with van der Waals surface area (Å²) in [6, 6.07) is 19.2. The number of nitrogens with zero attached hydrogens (tertiary/aromatic N) is 1. The van der Waals surface area contributed by atoms with Gasteiger partial charge in [0.15, 0.2) is 0 Å². The molecule has 1 fully saturated rings. The minimum Gasteiger partial charge on any atom is -0.478 e. The Balaban J connectivity index is 0.000000470. The predicted molar refractivity (Wildman–Crippen MR) is 142 cm³/mol. The van der Waals surface area contributed by atoms with Crippen LogP contribution in [0.25, 0.3) is 33.3 Å². The molecule has 0 bridgehead atoms. The predicted octanol–water partition coefficient (Wildman–Crippen LogP) is 5.23. The summed E-state index contributed by atoms with van der Waals surface area (Å²) in [5.41, 5.74) is 5.82. The number of amides is 1.